The minimum atomic E-state index is 0.594. The van der Waals surface area contributed by atoms with Crippen molar-refractivity contribution in [2.75, 3.05) is 6.26 Å². The number of rotatable bonds is 4. The summed E-state index contributed by atoms with van der Waals surface area (Å²) in [5.41, 5.74) is 0. The van der Waals surface area contributed by atoms with Gasteiger partial charge < -0.3 is 5.32 Å². The first-order chi connectivity index (χ1) is 7.74. The van der Waals surface area contributed by atoms with Crippen LogP contribution in [0.2, 0.25) is 0 Å². The number of hydrogen-bond donors (Lipinski definition) is 2. The van der Waals surface area contributed by atoms with Gasteiger partial charge in [0.1, 0.15) is 0 Å². The SMILES string of the molecule is CSNC1CCCCCCCC1NC(C)C. The molecule has 0 aromatic rings. The van der Waals surface area contributed by atoms with E-state index in [1.807, 2.05) is 0 Å². The van der Waals surface area contributed by atoms with E-state index in [9.17, 15) is 0 Å². The highest BCUT2D eigenvalue weighted by molar-refractivity contribution is 7.96. The zero-order chi connectivity index (χ0) is 11.8. The molecule has 0 bridgehead atoms. The molecule has 2 atom stereocenters. The van der Waals surface area contributed by atoms with Crippen LogP contribution in [0.3, 0.4) is 0 Å². The Hall–Kier alpha value is 0.270. The standard InChI is InChI=1S/C13H28N2S/c1-11(2)14-12-9-7-5-4-6-8-10-13(12)15-16-3/h11-15H,4-10H2,1-3H3. The Labute approximate surface area is 105 Å². The van der Waals surface area contributed by atoms with Crippen LogP contribution in [0, 0.1) is 0 Å². The van der Waals surface area contributed by atoms with E-state index in [0.717, 1.165) is 0 Å². The largest absolute Gasteiger partial charge is 0.310 e. The molecule has 1 aliphatic rings. The zero-order valence-electron chi connectivity index (χ0n) is 11.1. The second-order valence-corrected chi connectivity index (χ2v) is 5.85. The molecule has 0 radical (unpaired) electrons. The lowest BCUT2D eigenvalue weighted by atomic mass is 9.99. The van der Waals surface area contributed by atoms with E-state index in [4.69, 9.17) is 0 Å². The molecule has 0 spiro atoms. The summed E-state index contributed by atoms with van der Waals surface area (Å²) < 4.78 is 3.59. The first-order valence-electron chi connectivity index (χ1n) is 6.78. The van der Waals surface area contributed by atoms with Crippen LogP contribution in [0.1, 0.15) is 58.8 Å². The maximum Gasteiger partial charge on any atom is 0.0325 e. The van der Waals surface area contributed by atoms with Gasteiger partial charge in [-0.3, -0.25) is 4.72 Å². The predicted molar refractivity (Wildman–Crippen MR) is 74.8 cm³/mol. The van der Waals surface area contributed by atoms with Gasteiger partial charge in [-0.15, -0.1) is 0 Å². The third-order valence-corrected chi connectivity index (χ3v) is 3.87. The maximum absolute atomic E-state index is 3.74. The summed E-state index contributed by atoms with van der Waals surface area (Å²) in [6, 6.07) is 1.90. The molecule has 2 nitrogen and oxygen atoms in total. The summed E-state index contributed by atoms with van der Waals surface area (Å²) in [6.45, 7) is 4.51. The Morgan fingerprint density at radius 1 is 0.938 bits per heavy atom. The van der Waals surface area contributed by atoms with Crippen LogP contribution in [0.15, 0.2) is 0 Å². The van der Waals surface area contributed by atoms with E-state index in [1.165, 1.54) is 44.9 Å². The van der Waals surface area contributed by atoms with Crippen LogP contribution in [-0.4, -0.2) is 24.4 Å². The molecule has 0 aliphatic heterocycles. The van der Waals surface area contributed by atoms with E-state index in [-0.39, 0.29) is 0 Å². The molecule has 0 heterocycles. The van der Waals surface area contributed by atoms with Crippen LogP contribution < -0.4 is 10.0 Å². The second-order valence-electron chi connectivity index (χ2n) is 5.20. The Morgan fingerprint density at radius 2 is 1.50 bits per heavy atom. The van der Waals surface area contributed by atoms with Crippen molar-refractivity contribution in [1.82, 2.24) is 10.0 Å². The van der Waals surface area contributed by atoms with Crippen LogP contribution in [0.25, 0.3) is 0 Å². The maximum atomic E-state index is 3.74. The third kappa shape index (κ3) is 5.55. The lowest BCUT2D eigenvalue weighted by Crippen LogP contribution is -2.48. The fourth-order valence-corrected chi connectivity index (χ4v) is 3.17. The van der Waals surface area contributed by atoms with E-state index in [0.29, 0.717) is 18.1 Å². The fraction of sp³-hybridized carbons (Fsp3) is 1.00. The van der Waals surface area contributed by atoms with Crippen molar-refractivity contribution in [3.8, 4) is 0 Å². The summed E-state index contributed by atoms with van der Waals surface area (Å²) in [4.78, 5) is 0. The van der Waals surface area contributed by atoms with Crippen LogP contribution in [-0.2, 0) is 0 Å². The van der Waals surface area contributed by atoms with Gasteiger partial charge in [0.05, 0.1) is 0 Å². The Kier molecular flexibility index (Phi) is 7.50. The van der Waals surface area contributed by atoms with E-state index < -0.39 is 0 Å². The Morgan fingerprint density at radius 3 is 2.06 bits per heavy atom. The van der Waals surface area contributed by atoms with Crippen molar-refractivity contribution in [2.45, 2.75) is 76.9 Å². The molecular formula is C13H28N2S. The molecule has 2 N–H and O–H groups in total. The van der Waals surface area contributed by atoms with Gasteiger partial charge in [0.2, 0.25) is 0 Å². The number of hydrogen-bond acceptors (Lipinski definition) is 3. The fourth-order valence-electron chi connectivity index (χ4n) is 2.58. The van der Waals surface area contributed by atoms with E-state index in [2.05, 4.69) is 30.1 Å². The highest BCUT2D eigenvalue weighted by Gasteiger charge is 2.21. The van der Waals surface area contributed by atoms with Gasteiger partial charge in [-0.05, 0) is 19.1 Å². The average molecular weight is 244 g/mol. The molecule has 16 heavy (non-hydrogen) atoms. The molecule has 0 aromatic heterocycles. The summed E-state index contributed by atoms with van der Waals surface area (Å²) in [5, 5.41) is 3.74. The molecule has 1 fully saturated rings. The second kappa shape index (κ2) is 8.37. The average Bonchev–Trinajstić information content (AvgIpc) is 2.32. The van der Waals surface area contributed by atoms with Crippen molar-refractivity contribution >= 4 is 11.9 Å². The predicted octanol–water partition coefficient (Wildman–Crippen LogP) is 3.33. The molecule has 1 rings (SSSR count). The molecule has 3 heteroatoms. The van der Waals surface area contributed by atoms with Crippen molar-refractivity contribution in [3.63, 3.8) is 0 Å². The highest BCUT2D eigenvalue weighted by Crippen LogP contribution is 2.19. The Bertz CT molecular complexity index is 173. The first kappa shape index (κ1) is 14.3. The third-order valence-electron chi connectivity index (χ3n) is 3.33. The summed E-state index contributed by atoms with van der Waals surface area (Å²) in [6.07, 6.45) is 11.8. The molecular weight excluding hydrogens is 216 g/mol. The lowest BCUT2D eigenvalue weighted by Gasteiger charge is -2.29. The van der Waals surface area contributed by atoms with Gasteiger partial charge >= 0.3 is 0 Å². The van der Waals surface area contributed by atoms with Crippen molar-refractivity contribution in [2.24, 2.45) is 0 Å². The minimum Gasteiger partial charge on any atom is -0.310 e. The van der Waals surface area contributed by atoms with Crippen molar-refractivity contribution in [3.05, 3.63) is 0 Å². The molecule has 1 aliphatic carbocycles. The summed E-state index contributed by atoms with van der Waals surface area (Å²) >= 11 is 1.77. The summed E-state index contributed by atoms with van der Waals surface area (Å²) in [5.74, 6) is 0. The van der Waals surface area contributed by atoms with Gasteiger partial charge in [0, 0.05) is 18.1 Å². The highest BCUT2D eigenvalue weighted by atomic mass is 32.2. The van der Waals surface area contributed by atoms with Gasteiger partial charge in [-0.25, -0.2) is 0 Å². The lowest BCUT2D eigenvalue weighted by molar-refractivity contribution is 0.347. The van der Waals surface area contributed by atoms with Gasteiger partial charge in [0.15, 0.2) is 0 Å². The van der Waals surface area contributed by atoms with Crippen molar-refractivity contribution < 1.29 is 0 Å². The van der Waals surface area contributed by atoms with Gasteiger partial charge in [0.25, 0.3) is 0 Å². The minimum absolute atomic E-state index is 0.594. The first-order valence-corrected chi connectivity index (χ1v) is 8.01. The monoisotopic (exact) mass is 244 g/mol. The van der Waals surface area contributed by atoms with Crippen LogP contribution in [0.5, 0.6) is 0 Å². The van der Waals surface area contributed by atoms with Crippen LogP contribution in [0.4, 0.5) is 0 Å². The molecule has 0 saturated heterocycles. The topological polar surface area (TPSA) is 24.1 Å². The summed E-state index contributed by atoms with van der Waals surface area (Å²) in [7, 11) is 0. The molecule has 96 valence electrons. The zero-order valence-corrected chi connectivity index (χ0v) is 11.9. The van der Waals surface area contributed by atoms with E-state index in [1.54, 1.807) is 11.9 Å². The molecule has 1 saturated carbocycles. The Balaban J connectivity index is 2.52. The smallest absolute Gasteiger partial charge is 0.0325 e. The normalized spacial score (nSPS) is 28.5. The van der Waals surface area contributed by atoms with E-state index >= 15 is 0 Å². The molecule has 0 amide bonds. The number of nitrogens with one attached hydrogen (secondary N) is 2. The van der Waals surface area contributed by atoms with Crippen molar-refractivity contribution in [1.29, 1.82) is 0 Å². The quantitative estimate of drug-likeness (QED) is 0.742. The van der Waals surface area contributed by atoms with Crippen LogP contribution >= 0.6 is 11.9 Å². The van der Waals surface area contributed by atoms with Gasteiger partial charge in [-0.1, -0.05) is 57.9 Å². The molecule has 2 unspecified atom stereocenters. The molecule has 0 aromatic carbocycles. The van der Waals surface area contributed by atoms with Gasteiger partial charge in [-0.2, -0.15) is 0 Å².